The van der Waals surface area contributed by atoms with Gasteiger partial charge in [0.05, 0.1) is 0 Å². The number of ether oxygens (including phenoxy) is 3. The second kappa shape index (κ2) is 47.5. The summed E-state index contributed by atoms with van der Waals surface area (Å²) in [4.78, 5) is 37.9. The Balaban J connectivity index is 4.53. The largest absolute Gasteiger partial charge is 0.462 e. The summed E-state index contributed by atoms with van der Waals surface area (Å²) in [6, 6.07) is 0. The molecule has 60 heavy (non-hydrogen) atoms. The first-order chi connectivity index (χ1) is 29.5. The fourth-order valence-electron chi connectivity index (χ4n) is 5.88. The molecule has 0 saturated carbocycles. The Morgan fingerprint density at radius 3 is 1.13 bits per heavy atom. The van der Waals surface area contributed by atoms with Gasteiger partial charge in [-0.1, -0.05) is 194 Å². The first kappa shape index (κ1) is 55.8. The van der Waals surface area contributed by atoms with Gasteiger partial charge in [0, 0.05) is 19.3 Å². The highest BCUT2D eigenvalue weighted by molar-refractivity contribution is 5.71. The standard InChI is InChI=1S/C54H84O6/c1-4-7-10-13-16-19-22-25-27-30-32-35-38-41-44-47-53(56)59-50-51(49-58-52(55)46-43-40-37-34-31-28-24-21-18-15-12-9-6-3)60-54(57)48-45-42-39-36-33-29-26-23-20-17-14-11-8-5-2/h7-13,15-22,24-27,29,51H,4-6,14,23,28,30-50H2,1-3H3/b10-7+,11-8+,12-9+,16-13+,18-15+,20-17+,22-19+,24-21+,27-25+,29-26+. The molecule has 1 unspecified atom stereocenters. The number of hydrogen-bond acceptors (Lipinski definition) is 6. The van der Waals surface area contributed by atoms with Crippen molar-refractivity contribution in [3.8, 4) is 0 Å². The van der Waals surface area contributed by atoms with E-state index in [0.29, 0.717) is 12.8 Å². The highest BCUT2D eigenvalue weighted by Gasteiger charge is 2.19. The van der Waals surface area contributed by atoms with Gasteiger partial charge in [-0.3, -0.25) is 14.4 Å². The lowest BCUT2D eigenvalue weighted by molar-refractivity contribution is -0.167. The van der Waals surface area contributed by atoms with E-state index in [-0.39, 0.29) is 37.5 Å². The maximum Gasteiger partial charge on any atom is 0.306 e. The van der Waals surface area contributed by atoms with Crippen LogP contribution in [0.1, 0.15) is 181 Å². The van der Waals surface area contributed by atoms with Crippen molar-refractivity contribution >= 4 is 17.9 Å². The van der Waals surface area contributed by atoms with Gasteiger partial charge < -0.3 is 14.2 Å². The second-order valence-electron chi connectivity index (χ2n) is 15.0. The van der Waals surface area contributed by atoms with E-state index in [0.717, 1.165) is 141 Å². The number of esters is 3. The van der Waals surface area contributed by atoms with Crippen LogP contribution in [-0.2, 0) is 28.6 Å². The predicted octanol–water partition coefficient (Wildman–Crippen LogP) is 15.4. The van der Waals surface area contributed by atoms with E-state index >= 15 is 0 Å². The van der Waals surface area contributed by atoms with Crippen LogP contribution >= 0.6 is 0 Å². The zero-order valence-corrected chi connectivity index (χ0v) is 38.2. The molecule has 0 aromatic carbocycles. The number of carbonyl (C=O) groups is 3. The Labute approximate surface area is 367 Å². The topological polar surface area (TPSA) is 78.9 Å². The lowest BCUT2D eigenvalue weighted by Crippen LogP contribution is -2.30. The minimum Gasteiger partial charge on any atom is -0.462 e. The molecule has 0 bridgehead atoms. The third-order valence-corrected chi connectivity index (χ3v) is 9.35. The van der Waals surface area contributed by atoms with Crippen LogP contribution < -0.4 is 0 Å². The average Bonchev–Trinajstić information content (AvgIpc) is 3.24. The van der Waals surface area contributed by atoms with E-state index in [9.17, 15) is 14.4 Å². The van der Waals surface area contributed by atoms with E-state index in [1.54, 1.807) is 0 Å². The Morgan fingerprint density at radius 1 is 0.350 bits per heavy atom. The van der Waals surface area contributed by atoms with Gasteiger partial charge in [-0.15, -0.1) is 0 Å². The molecule has 336 valence electrons. The Hall–Kier alpha value is -4.19. The van der Waals surface area contributed by atoms with Crippen molar-refractivity contribution in [1.82, 2.24) is 0 Å². The molecule has 0 rings (SSSR count). The molecule has 6 heteroatoms. The monoisotopic (exact) mass is 829 g/mol. The molecular weight excluding hydrogens is 745 g/mol. The van der Waals surface area contributed by atoms with Gasteiger partial charge in [0.2, 0.25) is 0 Å². The van der Waals surface area contributed by atoms with Crippen LogP contribution in [0.3, 0.4) is 0 Å². The third-order valence-electron chi connectivity index (χ3n) is 9.35. The Kier molecular flexibility index (Phi) is 44.2. The highest BCUT2D eigenvalue weighted by Crippen LogP contribution is 2.12. The molecule has 0 aliphatic carbocycles. The van der Waals surface area contributed by atoms with Crippen molar-refractivity contribution in [2.24, 2.45) is 0 Å². The summed E-state index contributed by atoms with van der Waals surface area (Å²) in [5, 5.41) is 0. The first-order valence-electron chi connectivity index (χ1n) is 23.6. The van der Waals surface area contributed by atoms with E-state index in [1.807, 2.05) is 30.4 Å². The average molecular weight is 829 g/mol. The highest BCUT2D eigenvalue weighted by atomic mass is 16.6. The fraction of sp³-hybridized carbons (Fsp3) is 0.574. The van der Waals surface area contributed by atoms with Gasteiger partial charge in [-0.2, -0.15) is 0 Å². The number of allylic oxidation sites excluding steroid dienone is 20. The smallest absolute Gasteiger partial charge is 0.306 e. The zero-order valence-electron chi connectivity index (χ0n) is 38.2. The van der Waals surface area contributed by atoms with Crippen LogP contribution in [0.5, 0.6) is 0 Å². The van der Waals surface area contributed by atoms with Crippen molar-refractivity contribution in [3.05, 3.63) is 122 Å². The molecule has 0 heterocycles. The van der Waals surface area contributed by atoms with E-state index in [1.165, 1.54) is 0 Å². The molecule has 0 saturated heterocycles. The molecule has 0 spiro atoms. The van der Waals surface area contributed by atoms with Gasteiger partial charge in [0.15, 0.2) is 6.10 Å². The summed E-state index contributed by atoms with van der Waals surface area (Å²) in [6.07, 6.45) is 64.6. The molecule has 0 amide bonds. The summed E-state index contributed by atoms with van der Waals surface area (Å²) >= 11 is 0. The molecule has 0 N–H and O–H groups in total. The van der Waals surface area contributed by atoms with Crippen molar-refractivity contribution in [1.29, 1.82) is 0 Å². The van der Waals surface area contributed by atoms with Crippen molar-refractivity contribution in [3.63, 3.8) is 0 Å². The summed E-state index contributed by atoms with van der Waals surface area (Å²) in [5.74, 6) is -0.987. The van der Waals surface area contributed by atoms with E-state index in [4.69, 9.17) is 14.2 Å². The van der Waals surface area contributed by atoms with Gasteiger partial charge in [0.1, 0.15) is 13.2 Å². The molecule has 0 aromatic rings. The first-order valence-corrected chi connectivity index (χ1v) is 23.6. The van der Waals surface area contributed by atoms with Crippen molar-refractivity contribution < 1.29 is 28.6 Å². The van der Waals surface area contributed by atoms with Crippen LogP contribution in [-0.4, -0.2) is 37.2 Å². The van der Waals surface area contributed by atoms with Gasteiger partial charge in [0.25, 0.3) is 0 Å². The normalized spacial score (nSPS) is 13.2. The van der Waals surface area contributed by atoms with Gasteiger partial charge in [-0.05, 0) is 89.9 Å². The van der Waals surface area contributed by atoms with Crippen LogP contribution in [0.2, 0.25) is 0 Å². The van der Waals surface area contributed by atoms with Crippen LogP contribution in [0.15, 0.2) is 122 Å². The van der Waals surface area contributed by atoms with E-state index < -0.39 is 6.10 Å². The minimum atomic E-state index is -0.811. The summed E-state index contributed by atoms with van der Waals surface area (Å²) in [6.45, 7) is 6.16. The Morgan fingerprint density at radius 2 is 0.683 bits per heavy atom. The lowest BCUT2D eigenvalue weighted by atomic mass is 10.1. The maximum atomic E-state index is 12.8. The molecule has 0 aliphatic heterocycles. The maximum absolute atomic E-state index is 12.8. The second-order valence-corrected chi connectivity index (χ2v) is 15.0. The van der Waals surface area contributed by atoms with Gasteiger partial charge in [-0.25, -0.2) is 0 Å². The summed E-state index contributed by atoms with van der Waals surface area (Å²) < 4.78 is 16.7. The number of rotatable bonds is 40. The predicted molar refractivity (Wildman–Crippen MR) is 256 cm³/mol. The van der Waals surface area contributed by atoms with E-state index in [2.05, 4.69) is 112 Å². The van der Waals surface area contributed by atoms with Crippen LogP contribution in [0, 0.1) is 0 Å². The molecule has 0 fully saturated rings. The summed E-state index contributed by atoms with van der Waals surface area (Å²) in [5.41, 5.74) is 0. The molecule has 0 radical (unpaired) electrons. The molecule has 6 nitrogen and oxygen atoms in total. The lowest BCUT2D eigenvalue weighted by Gasteiger charge is -2.18. The quantitative estimate of drug-likeness (QED) is 0.0201. The van der Waals surface area contributed by atoms with Crippen molar-refractivity contribution in [2.75, 3.05) is 13.2 Å². The van der Waals surface area contributed by atoms with Crippen LogP contribution in [0.25, 0.3) is 0 Å². The summed E-state index contributed by atoms with van der Waals surface area (Å²) in [7, 11) is 0. The SMILES string of the molecule is CC/C=C/C=C/C=C/C=C/CCCCCCCC(=O)OCC(COC(=O)CCCCCCC/C=C/C=C/C=C/CC)OC(=O)CCCCCC/C=C/C/C=C/C/C=C/CC. The molecule has 0 aromatic heterocycles. The third kappa shape index (κ3) is 44.9. The zero-order chi connectivity index (χ0) is 43.7. The fourth-order valence-corrected chi connectivity index (χ4v) is 5.88. The van der Waals surface area contributed by atoms with Crippen LogP contribution in [0.4, 0.5) is 0 Å². The van der Waals surface area contributed by atoms with Crippen molar-refractivity contribution in [2.45, 2.75) is 187 Å². The van der Waals surface area contributed by atoms with Gasteiger partial charge >= 0.3 is 17.9 Å². The number of carbonyl (C=O) groups excluding carboxylic acids is 3. The number of unbranched alkanes of at least 4 members (excludes halogenated alkanes) is 14. The minimum absolute atomic E-state index is 0.110. The molecule has 0 aliphatic rings. The Bertz CT molecular complexity index is 1320. The molecular formula is C54H84O6. The molecule has 1 atom stereocenters. The number of hydrogen-bond donors (Lipinski definition) is 0.